The molecular formula is C56H50Cl2O2SiZr-4. The summed E-state index contributed by atoms with van der Waals surface area (Å²) in [4.78, 5) is 0. The van der Waals surface area contributed by atoms with Gasteiger partial charge in [-0.15, -0.1) is 82.8 Å². The number of furan rings is 2. The molecule has 0 amide bonds. The van der Waals surface area contributed by atoms with Crippen LogP contribution in [0, 0.1) is 42.5 Å². The van der Waals surface area contributed by atoms with Gasteiger partial charge in [-0.2, -0.15) is 0 Å². The second kappa shape index (κ2) is 22.2. The van der Waals surface area contributed by atoms with Gasteiger partial charge in [-0.1, -0.05) is 155 Å². The Labute approximate surface area is 396 Å². The van der Waals surface area contributed by atoms with Crippen LogP contribution in [-0.2, 0) is 23.3 Å². The topological polar surface area (TPSA) is 26.3 Å². The van der Waals surface area contributed by atoms with Gasteiger partial charge in [0.2, 0.25) is 0 Å². The molecule has 2 heterocycles. The summed E-state index contributed by atoms with van der Waals surface area (Å²) >= 11 is 1.36. The number of benzene rings is 6. The Bertz CT molecular complexity index is 2760. The molecule has 10 aromatic rings. The Morgan fingerprint density at radius 1 is 0.387 bits per heavy atom. The minimum absolute atomic E-state index is 0. The van der Waals surface area contributed by atoms with Crippen molar-refractivity contribution >= 4 is 53.2 Å². The summed E-state index contributed by atoms with van der Waals surface area (Å²) in [6.07, 6.45) is 0. The van der Waals surface area contributed by atoms with Crippen LogP contribution < -0.4 is 0 Å². The van der Waals surface area contributed by atoms with Gasteiger partial charge in [-0.3, -0.25) is 0 Å². The predicted molar refractivity (Wildman–Crippen MR) is 268 cm³/mol. The third-order valence-electron chi connectivity index (χ3n) is 11.1. The van der Waals surface area contributed by atoms with Crippen molar-refractivity contribution in [1.82, 2.24) is 0 Å². The Morgan fingerprint density at radius 2 is 0.677 bits per heavy atom. The number of hydrogen-bond donors (Lipinski definition) is 0. The van der Waals surface area contributed by atoms with Crippen molar-refractivity contribution < 1.29 is 32.2 Å². The molecule has 0 N–H and O–H groups in total. The zero-order valence-electron chi connectivity index (χ0n) is 36.0. The first kappa shape index (κ1) is 49.4. The molecule has 0 aliphatic rings. The molecular weight excluding hydrogens is 895 g/mol. The van der Waals surface area contributed by atoms with Gasteiger partial charge in [0.05, 0.1) is 11.5 Å². The van der Waals surface area contributed by atoms with E-state index in [4.69, 9.17) is 8.83 Å². The second-order valence-corrected chi connectivity index (χ2v) is 14.7. The number of halogens is 2. The van der Waals surface area contributed by atoms with Crippen molar-refractivity contribution in [1.29, 1.82) is 0 Å². The SMILES string of the molecule is Cc1cc2[cH-]c(-c3ccc(-c4ccccc4)o3)cc2c(-c2ccccc2)c1C.Cc1cc2[cH-]c(-c3ccc(-c4ccccc4)o3)cc2c(-c2ccccc2)c1C.Cl.Cl.[CH3-].[CH3-].[Si]=[Zr]. The fourth-order valence-corrected chi connectivity index (χ4v) is 7.94. The monoisotopic (exact) mass is 942 g/mol. The first-order chi connectivity index (χ1) is 28.4. The molecule has 10 rings (SSSR count). The molecule has 2 nitrogen and oxygen atoms in total. The maximum atomic E-state index is 6.19. The van der Waals surface area contributed by atoms with E-state index < -0.39 is 0 Å². The van der Waals surface area contributed by atoms with Gasteiger partial charge in [0, 0.05) is 11.1 Å². The van der Waals surface area contributed by atoms with E-state index in [9.17, 15) is 0 Å². The summed E-state index contributed by atoms with van der Waals surface area (Å²) in [6, 6.07) is 63.6. The second-order valence-electron chi connectivity index (χ2n) is 14.7. The zero-order valence-corrected chi connectivity index (χ0v) is 41.0. The van der Waals surface area contributed by atoms with Gasteiger partial charge in [0.1, 0.15) is 11.5 Å². The molecule has 62 heavy (non-hydrogen) atoms. The third-order valence-corrected chi connectivity index (χ3v) is 11.1. The molecule has 0 saturated heterocycles. The fourth-order valence-electron chi connectivity index (χ4n) is 7.94. The number of aryl methyl sites for hydroxylation is 2. The number of rotatable bonds is 6. The molecule has 312 valence electrons. The van der Waals surface area contributed by atoms with E-state index in [2.05, 4.69) is 180 Å². The third kappa shape index (κ3) is 10.2. The molecule has 2 radical (unpaired) electrons. The molecule has 8 aromatic carbocycles. The van der Waals surface area contributed by atoms with Crippen molar-refractivity contribution in [3.8, 4) is 67.5 Å². The van der Waals surface area contributed by atoms with Crippen LogP contribution in [0.4, 0.5) is 0 Å². The van der Waals surface area contributed by atoms with Crippen molar-refractivity contribution in [3.05, 3.63) is 219 Å². The summed E-state index contributed by atoms with van der Waals surface area (Å²) in [5, 5.41) is 5.08. The van der Waals surface area contributed by atoms with E-state index in [1.165, 1.54) is 89.4 Å². The maximum absolute atomic E-state index is 6.19. The van der Waals surface area contributed by atoms with Gasteiger partial charge in [-0.25, -0.2) is 0 Å². The van der Waals surface area contributed by atoms with Gasteiger partial charge >= 0.3 is 30.2 Å². The van der Waals surface area contributed by atoms with E-state index in [1.807, 2.05) is 36.4 Å². The van der Waals surface area contributed by atoms with Gasteiger partial charge in [0.15, 0.2) is 0 Å². The summed E-state index contributed by atoms with van der Waals surface area (Å²) in [5.41, 5.74) is 14.9. The van der Waals surface area contributed by atoms with Crippen LogP contribution >= 0.6 is 24.8 Å². The minimum atomic E-state index is 0. The van der Waals surface area contributed by atoms with Gasteiger partial charge in [-0.05, 0) is 74.2 Å². The van der Waals surface area contributed by atoms with Gasteiger partial charge < -0.3 is 23.7 Å². The first-order valence-corrected chi connectivity index (χ1v) is 23.7. The molecule has 0 atom stereocenters. The fraction of sp³-hybridized carbons (Fsp3) is 0.0714. The molecule has 0 saturated carbocycles. The Balaban J connectivity index is 0.000000247. The molecule has 0 aliphatic heterocycles. The summed E-state index contributed by atoms with van der Waals surface area (Å²) < 4.78 is 12.4. The molecule has 0 bridgehead atoms. The van der Waals surface area contributed by atoms with Crippen LogP contribution in [0.25, 0.3) is 89.1 Å². The summed E-state index contributed by atoms with van der Waals surface area (Å²) in [6.45, 7) is 11.9. The predicted octanol–water partition coefficient (Wildman–Crippen LogP) is 16.9. The van der Waals surface area contributed by atoms with Crippen LogP contribution in [-0.4, -0.2) is 6.88 Å². The quantitative estimate of drug-likeness (QED) is 0.123. The standard InChI is InChI=1S/2C27H21O.2CH3.2ClH.Si.Zr/c2*1-18-15-22-16-23(26-14-13-25(28-26)20-9-5-3-6-10-20)17-24(22)27(19(18)2)21-11-7-4-8-12-21;;;;;;/h2*3-17H,1-2H3;2*1H3;2*1H;;/q4*-1;;;;. The van der Waals surface area contributed by atoms with Crippen molar-refractivity contribution in [2.45, 2.75) is 27.7 Å². The molecule has 0 spiro atoms. The van der Waals surface area contributed by atoms with E-state index in [0.717, 1.165) is 45.3 Å². The molecule has 0 unspecified atom stereocenters. The van der Waals surface area contributed by atoms with Crippen LogP contribution in [0.2, 0.25) is 0 Å². The molecule has 2 aromatic heterocycles. The van der Waals surface area contributed by atoms with E-state index in [0.29, 0.717) is 0 Å². The Morgan fingerprint density at radius 3 is 1.00 bits per heavy atom. The van der Waals surface area contributed by atoms with Crippen LogP contribution in [0.15, 0.2) is 191 Å². The molecule has 0 aliphatic carbocycles. The van der Waals surface area contributed by atoms with Gasteiger partial charge in [0.25, 0.3) is 0 Å². The van der Waals surface area contributed by atoms with E-state index in [-0.39, 0.29) is 39.7 Å². The average Bonchev–Trinajstić information content (AvgIpc) is 4.11. The average molecular weight is 945 g/mol. The summed E-state index contributed by atoms with van der Waals surface area (Å²) in [7, 11) is 0. The Kier molecular flexibility index (Phi) is 17.7. The van der Waals surface area contributed by atoms with Crippen molar-refractivity contribution in [2.75, 3.05) is 0 Å². The van der Waals surface area contributed by atoms with E-state index >= 15 is 0 Å². The number of fused-ring (bicyclic) bond motifs is 2. The van der Waals surface area contributed by atoms with Crippen LogP contribution in [0.1, 0.15) is 22.3 Å². The van der Waals surface area contributed by atoms with Crippen molar-refractivity contribution in [2.24, 2.45) is 0 Å². The van der Waals surface area contributed by atoms with E-state index in [1.54, 1.807) is 0 Å². The zero-order chi connectivity index (χ0) is 40.2. The Hall–Kier alpha value is -5.22. The van der Waals surface area contributed by atoms with Crippen LogP contribution in [0.3, 0.4) is 0 Å². The first-order valence-electron chi connectivity index (χ1n) is 19.5. The van der Waals surface area contributed by atoms with Crippen LogP contribution in [0.5, 0.6) is 0 Å². The molecule has 6 heteroatoms. The summed E-state index contributed by atoms with van der Waals surface area (Å²) in [5.74, 6) is 3.61. The molecule has 0 fully saturated rings. The van der Waals surface area contributed by atoms with Crippen molar-refractivity contribution in [3.63, 3.8) is 0 Å². The number of hydrogen-bond acceptors (Lipinski definition) is 2. The normalized spacial score (nSPS) is 10.2.